The molecular weight excluding hydrogens is 410 g/mol. The monoisotopic (exact) mass is 439 g/mol. The second-order valence-corrected chi connectivity index (χ2v) is 8.81. The van der Waals surface area contributed by atoms with Crippen molar-refractivity contribution in [1.29, 1.82) is 0 Å². The fourth-order valence-corrected chi connectivity index (χ4v) is 4.51. The summed E-state index contributed by atoms with van der Waals surface area (Å²) >= 11 is 0. The number of nitrogens with zero attached hydrogens (tertiary/aromatic N) is 4. The van der Waals surface area contributed by atoms with E-state index >= 15 is 0 Å². The van der Waals surface area contributed by atoms with Crippen molar-refractivity contribution < 1.29 is 4.79 Å². The van der Waals surface area contributed by atoms with Gasteiger partial charge in [-0.1, -0.05) is 48.0 Å². The molecular formula is C27H29N5O. The van der Waals surface area contributed by atoms with Gasteiger partial charge in [0.1, 0.15) is 0 Å². The van der Waals surface area contributed by atoms with Crippen LogP contribution in [0, 0.1) is 12.8 Å². The Hall–Kier alpha value is -3.67. The Balaban J connectivity index is 1.29. The van der Waals surface area contributed by atoms with Crippen molar-refractivity contribution in [2.24, 2.45) is 5.92 Å². The Bertz CT molecular complexity index is 1220. The van der Waals surface area contributed by atoms with Gasteiger partial charge in [-0.05, 0) is 49.1 Å². The van der Waals surface area contributed by atoms with Gasteiger partial charge in [0.15, 0.2) is 0 Å². The van der Waals surface area contributed by atoms with E-state index in [9.17, 15) is 4.79 Å². The summed E-state index contributed by atoms with van der Waals surface area (Å²) in [7, 11) is 0. The molecule has 1 saturated heterocycles. The number of carbonyl (C=O) groups excluding carboxylic acids is 1. The van der Waals surface area contributed by atoms with Gasteiger partial charge in [-0.2, -0.15) is 0 Å². The van der Waals surface area contributed by atoms with Crippen molar-refractivity contribution in [2.75, 3.05) is 18.0 Å². The third-order valence-corrected chi connectivity index (χ3v) is 6.43. The minimum atomic E-state index is 0.0350. The van der Waals surface area contributed by atoms with Crippen molar-refractivity contribution in [3.63, 3.8) is 0 Å². The molecule has 0 spiro atoms. The first-order valence-electron chi connectivity index (χ1n) is 11.6. The highest BCUT2D eigenvalue weighted by atomic mass is 16.1. The molecule has 0 unspecified atom stereocenters. The van der Waals surface area contributed by atoms with Gasteiger partial charge in [-0.3, -0.25) is 9.78 Å². The first-order valence-corrected chi connectivity index (χ1v) is 11.6. The summed E-state index contributed by atoms with van der Waals surface area (Å²) < 4.78 is 2.31. The maximum absolute atomic E-state index is 12.7. The van der Waals surface area contributed by atoms with Gasteiger partial charge in [-0.15, -0.1) is 0 Å². The molecule has 6 heteroatoms. The summed E-state index contributed by atoms with van der Waals surface area (Å²) in [5.74, 6) is 1.16. The van der Waals surface area contributed by atoms with Crippen LogP contribution in [0.4, 0.5) is 5.95 Å². The van der Waals surface area contributed by atoms with Gasteiger partial charge in [-0.25, -0.2) is 4.98 Å². The van der Waals surface area contributed by atoms with Gasteiger partial charge >= 0.3 is 0 Å². The number of imidazole rings is 1. The van der Waals surface area contributed by atoms with Gasteiger partial charge in [0.25, 0.3) is 0 Å². The third-order valence-electron chi connectivity index (χ3n) is 6.43. The number of nitrogens with one attached hydrogen (secondary N) is 1. The normalized spacial score (nSPS) is 14.5. The number of aryl methyl sites for hydroxylation is 1. The van der Waals surface area contributed by atoms with Crippen LogP contribution in [0.25, 0.3) is 11.0 Å². The van der Waals surface area contributed by atoms with Crippen LogP contribution < -0.4 is 10.2 Å². The highest BCUT2D eigenvalue weighted by Crippen LogP contribution is 2.28. The lowest BCUT2D eigenvalue weighted by Gasteiger charge is -2.32. The lowest BCUT2D eigenvalue weighted by atomic mass is 9.96. The zero-order valence-electron chi connectivity index (χ0n) is 18.9. The van der Waals surface area contributed by atoms with Crippen molar-refractivity contribution in [2.45, 2.75) is 32.9 Å². The van der Waals surface area contributed by atoms with Gasteiger partial charge in [0.2, 0.25) is 11.9 Å². The SMILES string of the molecule is Cc1ccc(Cn2c(N3CCC(C(=O)NCc4cccnc4)CC3)nc3ccccc32)cc1. The quantitative estimate of drug-likeness (QED) is 0.486. The smallest absolute Gasteiger partial charge is 0.223 e. The molecule has 1 aliphatic rings. The van der Waals surface area contributed by atoms with E-state index in [4.69, 9.17) is 4.98 Å². The maximum atomic E-state index is 12.7. The molecule has 0 radical (unpaired) electrons. The molecule has 0 atom stereocenters. The molecule has 6 nitrogen and oxygen atoms in total. The Morgan fingerprint density at radius 2 is 1.79 bits per heavy atom. The number of pyridine rings is 1. The molecule has 2 aromatic heterocycles. The Morgan fingerprint density at radius 3 is 2.55 bits per heavy atom. The molecule has 0 bridgehead atoms. The molecule has 4 aromatic rings. The number of amides is 1. The first-order chi connectivity index (χ1) is 16.2. The van der Waals surface area contributed by atoms with Crippen molar-refractivity contribution in [1.82, 2.24) is 19.9 Å². The molecule has 1 amide bonds. The minimum absolute atomic E-state index is 0.0350. The van der Waals surface area contributed by atoms with E-state index in [0.29, 0.717) is 6.54 Å². The van der Waals surface area contributed by atoms with E-state index in [2.05, 4.69) is 69.2 Å². The number of piperidine rings is 1. The van der Waals surface area contributed by atoms with Crippen LogP contribution in [0.2, 0.25) is 0 Å². The van der Waals surface area contributed by atoms with Crippen LogP contribution in [0.3, 0.4) is 0 Å². The predicted octanol–water partition coefficient (Wildman–Crippen LogP) is 4.32. The highest BCUT2D eigenvalue weighted by Gasteiger charge is 2.27. The predicted molar refractivity (Wildman–Crippen MR) is 131 cm³/mol. The maximum Gasteiger partial charge on any atom is 0.223 e. The highest BCUT2D eigenvalue weighted by molar-refractivity contribution is 5.80. The van der Waals surface area contributed by atoms with Crippen molar-refractivity contribution in [3.05, 3.63) is 89.7 Å². The van der Waals surface area contributed by atoms with Crippen LogP contribution in [-0.2, 0) is 17.9 Å². The number of anilines is 1. The molecule has 1 N–H and O–H groups in total. The average Bonchev–Trinajstić information content (AvgIpc) is 3.23. The molecule has 3 heterocycles. The number of hydrogen-bond acceptors (Lipinski definition) is 4. The lowest BCUT2D eigenvalue weighted by molar-refractivity contribution is -0.125. The van der Waals surface area contributed by atoms with Crippen LogP contribution in [0.15, 0.2) is 73.1 Å². The topological polar surface area (TPSA) is 63.1 Å². The van der Waals surface area contributed by atoms with Crippen LogP contribution in [-0.4, -0.2) is 33.5 Å². The number of benzene rings is 2. The number of para-hydroxylation sites is 2. The number of aromatic nitrogens is 3. The van der Waals surface area contributed by atoms with Gasteiger partial charge in [0.05, 0.1) is 17.6 Å². The third kappa shape index (κ3) is 4.75. The number of fused-ring (bicyclic) bond motifs is 1. The molecule has 5 rings (SSSR count). The van der Waals surface area contributed by atoms with Gasteiger partial charge in [0, 0.05) is 37.9 Å². The van der Waals surface area contributed by atoms with E-state index in [-0.39, 0.29) is 11.8 Å². The van der Waals surface area contributed by atoms with E-state index < -0.39 is 0 Å². The summed E-state index contributed by atoms with van der Waals surface area (Å²) in [5, 5.41) is 3.08. The summed E-state index contributed by atoms with van der Waals surface area (Å²) in [6.07, 6.45) is 5.19. The second-order valence-electron chi connectivity index (χ2n) is 8.81. The second kappa shape index (κ2) is 9.45. The molecule has 2 aromatic carbocycles. The largest absolute Gasteiger partial charge is 0.352 e. The molecule has 33 heavy (non-hydrogen) atoms. The summed E-state index contributed by atoms with van der Waals surface area (Å²) in [6.45, 7) is 5.06. The van der Waals surface area contributed by atoms with E-state index in [1.54, 1.807) is 12.4 Å². The van der Waals surface area contributed by atoms with Gasteiger partial charge < -0.3 is 14.8 Å². The summed E-state index contributed by atoms with van der Waals surface area (Å²) in [6, 6.07) is 20.9. The van der Waals surface area contributed by atoms with E-state index in [1.807, 2.05) is 18.2 Å². The Morgan fingerprint density at radius 1 is 1.00 bits per heavy atom. The standard InChI is InChI=1S/C27H29N5O/c1-20-8-10-21(11-9-20)19-32-25-7-3-2-6-24(25)30-27(32)31-15-12-23(13-16-31)26(33)29-18-22-5-4-14-28-17-22/h2-11,14,17,23H,12-13,15-16,18-19H2,1H3,(H,29,33). The van der Waals surface area contributed by atoms with Crippen LogP contribution in [0.1, 0.15) is 29.5 Å². The minimum Gasteiger partial charge on any atom is -0.352 e. The lowest BCUT2D eigenvalue weighted by Crippen LogP contribution is -2.41. The molecule has 0 aliphatic carbocycles. The van der Waals surface area contributed by atoms with Crippen molar-refractivity contribution >= 4 is 22.9 Å². The molecule has 1 fully saturated rings. The zero-order chi connectivity index (χ0) is 22.6. The number of carbonyl (C=O) groups is 1. The zero-order valence-corrected chi connectivity index (χ0v) is 18.9. The molecule has 1 aliphatic heterocycles. The summed E-state index contributed by atoms with van der Waals surface area (Å²) in [4.78, 5) is 24.1. The molecule has 0 saturated carbocycles. The van der Waals surface area contributed by atoms with E-state index in [0.717, 1.165) is 55.0 Å². The first kappa shape index (κ1) is 21.2. The number of hydrogen-bond donors (Lipinski definition) is 1. The molecule has 168 valence electrons. The average molecular weight is 440 g/mol. The van der Waals surface area contributed by atoms with E-state index in [1.165, 1.54) is 11.1 Å². The van der Waals surface area contributed by atoms with Crippen LogP contribution >= 0.6 is 0 Å². The summed E-state index contributed by atoms with van der Waals surface area (Å²) in [5.41, 5.74) is 5.70. The Kier molecular flexibility index (Phi) is 6.07. The fourth-order valence-electron chi connectivity index (χ4n) is 4.51. The Labute approximate surface area is 194 Å². The number of rotatable bonds is 6. The fraction of sp³-hybridized carbons (Fsp3) is 0.296. The van der Waals surface area contributed by atoms with Crippen LogP contribution in [0.5, 0.6) is 0 Å². The van der Waals surface area contributed by atoms with Crippen molar-refractivity contribution in [3.8, 4) is 0 Å².